The van der Waals surface area contributed by atoms with Gasteiger partial charge < -0.3 is 5.32 Å². The van der Waals surface area contributed by atoms with E-state index in [1.807, 2.05) is 0 Å². The van der Waals surface area contributed by atoms with Gasteiger partial charge in [0.2, 0.25) is 5.91 Å². The lowest BCUT2D eigenvalue weighted by Crippen LogP contribution is -2.25. The quantitative estimate of drug-likeness (QED) is 0.850. The first-order chi connectivity index (χ1) is 8.16. The van der Waals surface area contributed by atoms with Crippen LogP contribution >= 0.6 is 11.6 Å². The van der Waals surface area contributed by atoms with Gasteiger partial charge in [0.05, 0.1) is 5.69 Å². The van der Waals surface area contributed by atoms with Gasteiger partial charge in [-0.1, -0.05) is 30.9 Å². The van der Waals surface area contributed by atoms with Gasteiger partial charge >= 0.3 is 0 Å². The van der Waals surface area contributed by atoms with Crippen LogP contribution < -0.4 is 5.32 Å². The van der Waals surface area contributed by atoms with Gasteiger partial charge in [-0.25, -0.2) is 4.39 Å². The highest BCUT2D eigenvalue weighted by atomic mass is 35.5. The molecule has 0 atom stereocenters. The maximum absolute atomic E-state index is 13.5. The second kappa shape index (κ2) is 5.50. The second-order valence-corrected chi connectivity index (χ2v) is 4.88. The summed E-state index contributed by atoms with van der Waals surface area (Å²) in [6.07, 6.45) is 5.17. The predicted molar refractivity (Wildman–Crippen MR) is 66.6 cm³/mol. The zero-order chi connectivity index (χ0) is 12.3. The lowest BCUT2D eigenvalue weighted by molar-refractivity contribution is -0.120. The van der Waals surface area contributed by atoms with Crippen molar-refractivity contribution >= 4 is 23.2 Å². The number of hydrogen-bond acceptors (Lipinski definition) is 1. The molecule has 1 fully saturated rings. The van der Waals surface area contributed by atoms with E-state index in [1.165, 1.54) is 18.6 Å². The highest BCUT2D eigenvalue weighted by molar-refractivity contribution is 6.30. The minimum absolute atomic E-state index is 0.0267. The Hall–Kier alpha value is -1.09. The summed E-state index contributed by atoms with van der Waals surface area (Å²) in [6, 6.07) is 4.28. The van der Waals surface area contributed by atoms with Gasteiger partial charge in [-0.3, -0.25) is 4.79 Å². The van der Waals surface area contributed by atoms with Gasteiger partial charge in [0.1, 0.15) is 5.82 Å². The maximum Gasteiger partial charge on any atom is 0.227 e. The summed E-state index contributed by atoms with van der Waals surface area (Å²) in [7, 11) is 0. The van der Waals surface area contributed by atoms with Crippen LogP contribution in [0.3, 0.4) is 0 Å². The Morgan fingerprint density at radius 3 is 2.65 bits per heavy atom. The first kappa shape index (κ1) is 12.4. The van der Waals surface area contributed by atoms with Crippen molar-refractivity contribution < 1.29 is 9.18 Å². The fourth-order valence-corrected chi connectivity index (χ4v) is 2.35. The van der Waals surface area contributed by atoms with Gasteiger partial charge in [0.25, 0.3) is 0 Å². The molecule has 92 valence electrons. The number of hydrogen-bond donors (Lipinski definition) is 1. The molecule has 0 unspecified atom stereocenters. The summed E-state index contributed by atoms with van der Waals surface area (Å²) in [5.74, 6) is -0.536. The third kappa shape index (κ3) is 3.19. The monoisotopic (exact) mass is 255 g/mol. The molecule has 0 radical (unpaired) electrons. The SMILES string of the molecule is O=C(Nc1ccc(Cl)cc1F)C1CCCCC1. The average Bonchev–Trinajstić information content (AvgIpc) is 2.34. The van der Waals surface area contributed by atoms with Crippen LogP contribution in [0.1, 0.15) is 32.1 Å². The molecular formula is C13H15ClFNO. The molecule has 1 aromatic carbocycles. The molecule has 0 aliphatic heterocycles. The molecule has 2 nitrogen and oxygen atoms in total. The highest BCUT2D eigenvalue weighted by Gasteiger charge is 2.21. The third-order valence-corrected chi connectivity index (χ3v) is 3.40. The lowest BCUT2D eigenvalue weighted by Gasteiger charge is -2.20. The predicted octanol–water partition coefficient (Wildman–Crippen LogP) is 4.00. The van der Waals surface area contributed by atoms with E-state index in [1.54, 1.807) is 6.07 Å². The molecule has 1 saturated carbocycles. The number of anilines is 1. The molecule has 0 heterocycles. The van der Waals surface area contributed by atoms with Crippen LogP contribution in [0.2, 0.25) is 5.02 Å². The molecule has 1 aromatic rings. The van der Waals surface area contributed by atoms with Crippen molar-refractivity contribution in [2.24, 2.45) is 5.92 Å². The molecule has 0 bridgehead atoms. The molecule has 1 aliphatic carbocycles. The Morgan fingerprint density at radius 1 is 1.29 bits per heavy atom. The summed E-state index contributed by atoms with van der Waals surface area (Å²) >= 11 is 5.65. The molecule has 1 amide bonds. The Morgan fingerprint density at radius 2 is 2.00 bits per heavy atom. The van der Waals surface area contributed by atoms with Crippen molar-refractivity contribution in [1.29, 1.82) is 0 Å². The summed E-state index contributed by atoms with van der Waals surface area (Å²) < 4.78 is 13.5. The summed E-state index contributed by atoms with van der Waals surface area (Å²) in [6.45, 7) is 0. The van der Waals surface area contributed by atoms with Crippen LogP contribution in [0.4, 0.5) is 10.1 Å². The molecule has 0 spiro atoms. The maximum atomic E-state index is 13.5. The van der Waals surface area contributed by atoms with Crippen LogP contribution in [0.25, 0.3) is 0 Å². The Labute approximate surface area is 105 Å². The van der Waals surface area contributed by atoms with E-state index in [0.29, 0.717) is 5.02 Å². The molecule has 2 rings (SSSR count). The van der Waals surface area contributed by atoms with Crippen molar-refractivity contribution in [1.82, 2.24) is 0 Å². The zero-order valence-electron chi connectivity index (χ0n) is 9.51. The van der Waals surface area contributed by atoms with Gasteiger partial charge in [-0.2, -0.15) is 0 Å². The van der Waals surface area contributed by atoms with Crippen molar-refractivity contribution in [2.45, 2.75) is 32.1 Å². The van der Waals surface area contributed by atoms with Crippen LogP contribution in [0.15, 0.2) is 18.2 Å². The van der Waals surface area contributed by atoms with Crippen molar-refractivity contribution in [3.8, 4) is 0 Å². The van der Waals surface area contributed by atoms with E-state index in [-0.39, 0.29) is 17.5 Å². The van der Waals surface area contributed by atoms with E-state index >= 15 is 0 Å². The summed E-state index contributed by atoms with van der Waals surface area (Å²) in [5.41, 5.74) is 0.213. The molecular weight excluding hydrogens is 241 g/mol. The number of carbonyl (C=O) groups excluding carboxylic acids is 1. The largest absolute Gasteiger partial charge is 0.323 e. The number of nitrogens with one attached hydrogen (secondary N) is 1. The fraction of sp³-hybridized carbons (Fsp3) is 0.462. The number of benzene rings is 1. The van der Waals surface area contributed by atoms with E-state index < -0.39 is 5.82 Å². The van der Waals surface area contributed by atoms with Crippen molar-refractivity contribution in [3.63, 3.8) is 0 Å². The minimum atomic E-state index is -0.485. The van der Waals surface area contributed by atoms with Gasteiger partial charge in [-0.15, -0.1) is 0 Å². The number of rotatable bonds is 2. The highest BCUT2D eigenvalue weighted by Crippen LogP contribution is 2.26. The number of halogens is 2. The third-order valence-electron chi connectivity index (χ3n) is 3.16. The Balaban J connectivity index is 2.02. The first-order valence-corrected chi connectivity index (χ1v) is 6.30. The summed E-state index contributed by atoms with van der Waals surface area (Å²) in [4.78, 5) is 11.9. The van der Waals surface area contributed by atoms with E-state index in [2.05, 4.69) is 5.32 Å². The van der Waals surface area contributed by atoms with Crippen LogP contribution in [-0.4, -0.2) is 5.91 Å². The molecule has 0 aromatic heterocycles. The standard InChI is InChI=1S/C13H15ClFNO/c14-10-6-7-12(11(15)8-10)16-13(17)9-4-2-1-3-5-9/h6-9H,1-5H2,(H,16,17). The minimum Gasteiger partial charge on any atom is -0.323 e. The number of amides is 1. The van der Waals surface area contributed by atoms with Crippen molar-refractivity contribution in [2.75, 3.05) is 5.32 Å². The van der Waals surface area contributed by atoms with Gasteiger partial charge in [-0.05, 0) is 31.0 Å². The van der Waals surface area contributed by atoms with Crippen LogP contribution in [0, 0.1) is 11.7 Å². The fourth-order valence-electron chi connectivity index (χ4n) is 2.19. The molecule has 1 aliphatic rings. The summed E-state index contributed by atoms with van der Waals surface area (Å²) in [5, 5.41) is 2.97. The Bertz CT molecular complexity index is 416. The van der Waals surface area contributed by atoms with E-state index in [4.69, 9.17) is 11.6 Å². The number of carbonyl (C=O) groups is 1. The average molecular weight is 256 g/mol. The lowest BCUT2D eigenvalue weighted by atomic mass is 9.88. The molecule has 1 N–H and O–H groups in total. The molecule has 0 saturated heterocycles. The smallest absolute Gasteiger partial charge is 0.227 e. The van der Waals surface area contributed by atoms with Crippen LogP contribution in [-0.2, 0) is 4.79 Å². The van der Waals surface area contributed by atoms with Crippen LogP contribution in [0.5, 0.6) is 0 Å². The zero-order valence-corrected chi connectivity index (χ0v) is 10.3. The van der Waals surface area contributed by atoms with Gasteiger partial charge in [0, 0.05) is 10.9 Å². The van der Waals surface area contributed by atoms with Gasteiger partial charge in [0.15, 0.2) is 0 Å². The Kier molecular flexibility index (Phi) is 4.00. The van der Waals surface area contributed by atoms with E-state index in [0.717, 1.165) is 25.7 Å². The normalized spacial score (nSPS) is 16.8. The second-order valence-electron chi connectivity index (χ2n) is 4.45. The molecule has 4 heteroatoms. The topological polar surface area (TPSA) is 29.1 Å². The first-order valence-electron chi connectivity index (χ1n) is 5.93. The van der Waals surface area contributed by atoms with E-state index in [9.17, 15) is 9.18 Å². The molecule has 17 heavy (non-hydrogen) atoms. The van der Waals surface area contributed by atoms with Crippen molar-refractivity contribution in [3.05, 3.63) is 29.0 Å².